The highest BCUT2D eigenvalue weighted by molar-refractivity contribution is 5.94. The Kier molecular flexibility index (Phi) is 4.67. The van der Waals surface area contributed by atoms with Crippen LogP contribution in [0.2, 0.25) is 0 Å². The monoisotopic (exact) mass is 315 g/mol. The van der Waals surface area contributed by atoms with Crippen molar-refractivity contribution in [1.29, 1.82) is 0 Å². The van der Waals surface area contributed by atoms with Crippen molar-refractivity contribution in [3.05, 3.63) is 34.9 Å². The Labute approximate surface area is 142 Å². The normalized spacial score (nSPS) is 21.8. The second-order valence-electron chi connectivity index (χ2n) is 8.35. The van der Waals surface area contributed by atoms with Gasteiger partial charge in [0.2, 0.25) is 5.91 Å². The molecule has 2 heteroatoms. The van der Waals surface area contributed by atoms with E-state index in [2.05, 4.69) is 72.0 Å². The molecule has 1 aromatic carbocycles. The fourth-order valence-corrected chi connectivity index (χ4v) is 3.40. The highest BCUT2D eigenvalue weighted by Gasteiger charge is 2.48. The summed E-state index contributed by atoms with van der Waals surface area (Å²) in [6.07, 6.45) is 3.04. The van der Waals surface area contributed by atoms with Crippen molar-refractivity contribution < 1.29 is 4.79 Å². The topological polar surface area (TPSA) is 29.1 Å². The molecule has 0 aliphatic carbocycles. The number of amides is 1. The summed E-state index contributed by atoms with van der Waals surface area (Å²) in [7, 11) is 0. The van der Waals surface area contributed by atoms with E-state index in [0.29, 0.717) is 0 Å². The van der Waals surface area contributed by atoms with E-state index in [9.17, 15) is 4.79 Å². The molecular weight excluding hydrogens is 282 g/mol. The van der Waals surface area contributed by atoms with Crippen LogP contribution in [0.1, 0.15) is 84.4 Å². The number of benzene rings is 1. The molecule has 1 amide bonds. The Morgan fingerprint density at radius 1 is 1.04 bits per heavy atom. The van der Waals surface area contributed by atoms with Crippen LogP contribution in [0.25, 0.3) is 0 Å². The molecule has 0 aromatic heterocycles. The molecule has 1 aromatic rings. The zero-order chi connectivity index (χ0) is 17.5. The third-order valence-electron chi connectivity index (χ3n) is 6.40. The van der Waals surface area contributed by atoms with E-state index in [1.165, 1.54) is 16.7 Å². The molecule has 2 nitrogen and oxygen atoms in total. The maximum Gasteiger partial charge on any atom is 0.232 e. The first-order chi connectivity index (χ1) is 10.6. The average Bonchev–Trinajstić information content (AvgIpc) is 2.54. The van der Waals surface area contributed by atoms with Crippen molar-refractivity contribution in [2.24, 2.45) is 0 Å². The summed E-state index contributed by atoms with van der Waals surface area (Å²) in [6.45, 7) is 16.6. The van der Waals surface area contributed by atoms with Crippen LogP contribution in [0.3, 0.4) is 0 Å². The molecule has 1 N–H and O–H groups in total. The molecule has 128 valence electrons. The third kappa shape index (κ3) is 2.81. The molecule has 23 heavy (non-hydrogen) atoms. The van der Waals surface area contributed by atoms with Gasteiger partial charge in [0.1, 0.15) is 0 Å². The van der Waals surface area contributed by atoms with E-state index < -0.39 is 0 Å². The van der Waals surface area contributed by atoms with Crippen LogP contribution >= 0.6 is 0 Å². The van der Waals surface area contributed by atoms with Gasteiger partial charge in [-0.25, -0.2) is 0 Å². The van der Waals surface area contributed by atoms with Crippen LogP contribution in [-0.2, 0) is 21.0 Å². The van der Waals surface area contributed by atoms with E-state index in [0.717, 1.165) is 25.8 Å². The van der Waals surface area contributed by atoms with Gasteiger partial charge in [-0.1, -0.05) is 66.7 Å². The number of rotatable bonds is 6. The summed E-state index contributed by atoms with van der Waals surface area (Å²) in [5, 5.41) is 2.96. The zero-order valence-corrected chi connectivity index (χ0v) is 16.0. The largest absolute Gasteiger partial charge is 0.354 e. The third-order valence-corrected chi connectivity index (χ3v) is 6.40. The van der Waals surface area contributed by atoms with Gasteiger partial charge < -0.3 is 5.32 Å². The minimum atomic E-state index is -0.323. The van der Waals surface area contributed by atoms with Gasteiger partial charge in [-0.3, -0.25) is 4.79 Å². The Morgan fingerprint density at radius 3 is 2.04 bits per heavy atom. The smallest absolute Gasteiger partial charge is 0.232 e. The van der Waals surface area contributed by atoms with Gasteiger partial charge in [0.25, 0.3) is 0 Å². The van der Waals surface area contributed by atoms with Gasteiger partial charge in [0.05, 0.1) is 5.41 Å². The van der Waals surface area contributed by atoms with Gasteiger partial charge >= 0.3 is 0 Å². The Morgan fingerprint density at radius 2 is 1.65 bits per heavy atom. The lowest BCUT2D eigenvalue weighted by molar-refractivity contribution is -0.134. The Balaban J connectivity index is 2.66. The number of carbonyl (C=O) groups excluding carboxylic acids is 1. The number of nitrogens with one attached hydrogen (secondary N) is 1. The summed E-state index contributed by atoms with van der Waals surface area (Å²) in [6, 6.07) is 6.87. The fourth-order valence-electron chi connectivity index (χ4n) is 3.40. The molecule has 1 aliphatic rings. The summed E-state index contributed by atoms with van der Waals surface area (Å²) in [5.41, 5.74) is 3.90. The maximum atomic E-state index is 12.4. The summed E-state index contributed by atoms with van der Waals surface area (Å²) in [4.78, 5) is 12.4. The van der Waals surface area contributed by atoms with Gasteiger partial charge in [-0.15, -0.1) is 0 Å². The van der Waals surface area contributed by atoms with E-state index >= 15 is 0 Å². The number of carbonyl (C=O) groups is 1. The van der Waals surface area contributed by atoms with E-state index in [-0.39, 0.29) is 22.2 Å². The molecule has 1 aliphatic heterocycles. The molecule has 0 bridgehead atoms. The zero-order valence-electron chi connectivity index (χ0n) is 16.0. The van der Waals surface area contributed by atoms with Crippen molar-refractivity contribution in [1.82, 2.24) is 5.32 Å². The highest BCUT2D eigenvalue weighted by Crippen LogP contribution is 2.42. The van der Waals surface area contributed by atoms with Crippen LogP contribution in [0.15, 0.2) is 18.2 Å². The highest BCUT2D eigenvalue weighted by atomic mass is 16.2. The molecular formula is C21H33NO. The quantitative estimate of drug-likeness (QED) is 0.748. The van der Waals surface area contributed by atoms with Crippen LogP contribution in [0.4, 0.5) is 0 Å². The van der Waals surface area contributed by atoms with Gasteiger partial charge in [-0.2, -0.15) is 0 Å². The van der Waals surface area contributed by atoms with Crippen molar-refractivity contribution in [2.45, 2.75) is 84.0 Å². The average molecular weight is 316 g/mol. The van der Waals surface area contributed by atoms with Crippen molar-refractivity contribution in [3.8, 4) is 0 Å². The van der Waals surface area contributed by atoms with E-state index in [1.54, 1.807) is 0 Å². The molecule has 0 radical (unpaired) electrons. The molecule has 1 saturated heterocycles. The molecule has 0 saturated carbocycles. The minimum absolute atomic E-state index is 0.0766. The Hall–Kier alpha value is -1.31. The molecule has 1 atom stereocenters. The molecule has 1 fully saturated rings. The lowest BCUT2D eigenvalue weighted by atomic mass is 9.65. The molecule has 1 heterocycles. The van der Waals surface area contributed by atoms with Crippen LogP contribution in [0, 0.1) is 0 Å². The standard InChI is InChI=1S/C21H33NO/c1-8-19(4,5)15-11-12-16(17(13-15)20(6,7)9-2)21(10-3)14-22-18(21)23/h11-13H,8-10,14H2,1-7H3,(H,22,23). The second-order valence-corrected chi connectivity index (χ2v) is 8.35. The van der Waals surface area contributed by atoms with Gasteiger partial charge in [-0.05, 0) is 46.8 Å². The summed E-state index contributed by atoms with van der Waals surface area (Å²) in [5.74, 6) is 0.190. The maximum absolute atomic E-state index is 12.4. The molecule has 0 spiro atoms. The second kappa shape index (κ2) is 5.96. The molecule has 2 rings (SSSR count). The fraction of sp³-hybridized carbons (Fsp3) is 0.667. The van der Waals surface area contributed by atoms with Crippen molar-refractivity contribution in [3.63, 3.8) is 0 Å². The summed E-state index contributed by atoms with van der Waals surface area (Å²) < 4.78 is 0. The van der Waals surface area contributed by atoms with Gasteiger partial charge in [0, 0.05) is 6.54 Å². The predicted octanol–water partition coefficient (Wildman–Crippen LogP) is 4.84. The first kappa shape index (κ1) is 18.0. The first-order valence-electron chi connectivity index (χ1n) is 9.08. The number of β-lactam (4-membered cyclic amide) rings is 1. The number of hydrogen-bond acceptors (Lipinski definition) is 1. The minimum Gasteiger partial charge on any atom is -0.354 e. The predicted molar refractivity (Wildman–Crippen MR) is 98.1 cm³/mol. The Bertz CT molecular complexity index is 596. The van der Waals surface area contributed by atoms with E-state index in [4.69, 9.17) is 0 Å². The molecule has 1 unspecified atom stereocenters. The van der Waals surface area contributed by atoms with E-state index in [1.807, 2.05) is 0 Å². The van der Waals surface area contributed by atoms with Crippen LogP contribution < -0.4 is 5.32 Å². The lowest BCUT2D eigenvalue weighted by Crippen LogP contribution is -2.62. The van der Waals surface area contributed by atoms with Crippen LogP contribution in [0.5, 0.6) is 0 Å². The number of hydrogen-bond donors (Lipinski definition) is 1. The first-order valence-corrected chi connectivity index (χ1v) is 9.08. The summed E-state index contributed by atoms with van der Waals surface area (Å²) >= 11 is 0. The van der Waals surface area contributed by atoms with Crippen LogP contribution in [-0.4, -0.2) is 12.5 Å². The lowest BCUT2D eigenvalue weighted by Gasteiger charge is -2.44. The SMILES string of the molecule is CCC(C)(C)c1ccc(C2(CC)CNC2=O)c(C(C)(C)CC)c1. The van der Waals surface area contributed by atoms with Crippen molar-refractivity contribution in [2.75, 3.05) is 6.54 Å². The van der Waals surface area contributed by atoms with Crippen molar-refractivity contribution >= 4 is 5.91 Å². The van der Waals surface area contributed by atoms with Gasteiger partial charge in [0.15, 0.2) is 0 Å².